The van der Waals surface area contributed by atoms with Gasteiger partial charge in [-0.3, -0.25) is 14.4 Å². The van der Waals surface area contributed by atoms with E-state index in [0.717, 1.165) is 41.9 Å². The molecule has 0 radical (unpaired) electrons. The molecule has 33 heavy (non-hydrogen) atoms. The maximum atomic E-state index is 12.6. The molecule has 3 amide bonds. The molecule has 1 atom stereocenters. The van der Waals surface area contributed by atoms with Crippen molar-refractivity contribution in [2.75, 3.05) is 29.4 Å². The van der Waals surface area contributed by atoms with Gasteiger partial charge in [-0.05, 0) is 74.2 Å². The van der Waals surface area contributed by atoms with Crippen molar-refractivity contribution in [2.24, 2.45) is 5.92 Å². The van der Waals surface area contributed by atoms with Crippen LogP contribution in [-0.2, 0) is 14.4 Å². The van der Waals surface area contributed by atoms with E-state index >= 15 is 0 Å². The normalized spacial score (nSPS) is 18.2. The van der Waals surface area contributed by atoms with Crippen LogP contribution in [0.4, 0.5) is 11.4 Å². The van der Waals surface area contributed by atoms with Gasteiger partial charge in [0.1, 0.15) is 0 Å². The van der Waals surface area contributed by atoms with Crippen LogP contribution in [-0.4, -0.2) is 37.4 Å². The average molecular weight is 444 g/mol. The van der Waals surface area contributed by atoms with Crippen LogP contribution in [0.5, 0.6) is 0 Å². The molecule has 2 aromatic carbocycles. The van der Waals surface area contributed by atoms with Gasteiger partial charge in [0.2, 0.25) is 17.7 Å². The van der Waals surface area contributed by atoms with Crippen molar-refractivity contribution in [3.63, 3.8) is 0 Å². The molecule has 170 valence electrons. The fourth-order valence-corrected chi connectivity index (χ4v) is 4.25. The Kier molecular flexibility index (Phi) is 6.79. The smallest absolute Gasteiger partial charge is 0.227 e. The number of carbonyl (C=O) groups excluding carboxylic acids is 3. The Morgan fingerprint density at radius 2 is 1.73 bits per heavy atom. The molecule has 2 heterocycles. The first-order chi connectivity index (χ1) is 15.9. The summed E-state index contributed by atoms with van der Waals surface area (Å²) >= 11 is 0. The standard InChI is InChI=1S/C27H29N3O3/c1-19-8-11-24(16-20(19)2)30-18-22(17-26(30)32)27(33)28-14-5-6-21-9-12-23(13-10-21)29-15-4-3-7-25(29)31/h8-13,16,22H,3-4,7,14-15,17-18H2,1-2H3,(H,28,33). The summed E-state index contributed by atoms with van der Waals surface area (Å²) in [6.45, 7) is 5.42. The van der Waals surface area contributed by atoms with Crippen molar-refractivity contribution >= 4 is 29.1 Å². The summed E-state index contributed by atoms with van der Waals surface area (Å²) in [6.07, 6.45) is 2.81. The quantitative estimate of drug-likeness (QED) is 0.737. The number of nitrogens with one attached hydrogen (secondary N) is 1. The van der Waals surface area contributed by atoms with Gasteiger partial charge in [-0.15, -0.1) is 0 Å². The first kappa shape index (κ1) is 22.6. The minimum absolute atomic E-state index is 0.0308. The van der Waals surface area contributed by atoms with Crippen molar-refractivity contribution in [1.29, 1.82) is 0 Å². The maximum absolute atomic E-state index is 12.6. The van der Waals surface area contributed by atoms with E-state index in [2.05, 4.69) is 17.2 Å². The molecule has 6 nitrogen and oxygen atoms in total. The first-order valence-electron chi connectivity index (χ1n) is 11.5. The molecule has 6 heteroatoms. The fourth-order valence-electron chi connectivity index (χ4n) is 4.25. The van der Waals surface area contributed by atoms with Gasteiger partial charge >= 0.3 is 0 Å². The number of benzene rings is 2. The second kappa shape index (κ2) is 9.91. The molecule has 0 bridgehead atoms. The molecule has 0 spiro atoms. The van der Waals surface area contributed by atoms with Crippen LogP contribution in [0.2, 0.25) is 0 Å². The average Bonchev–Trinajstić information content (AvgIpc) is 3.21. The number of aryl methyl sites for hydroxylation is 2. The molecule has 0 aromatic heterocycles. The highest BCUT2D eigenvalue weighted by atomic mass is 16.2. The monoisotopic (exact) mass is 443 g/mol. The Bertz CT molecular complexity index is 1130. The van der Waals surface area contributed by atoms with Gasteiger partial charge in [0.05, 0.1) is 12.5 Å². The van der Waals surface area contributed by atoms with Crippen LogP contribution >= 0.6 is 0 Å². The lowest BCUT2D eigenvalue weighted by atomic mass is 10.1. The largest absolute Gasteiger partial charge is 0.345 e. The molecule has 2 aliphatic rings. The van der Waals surface area contributed by atoms with E-state index in [9.17, 15) is 14.4 Å². The third-order valence-corrected chi connectivity index (χ3v) is 6.38. The van der Waals surface area contributed by atoms with Crippen molar-refractivity contribution in [3.8, 4) is 11.8 Å². The van der Waals surface area contributed by atoms with Crippen molar-refractivity contribution < 1.29 is 14.4 Å². The van der Waals surface area contributed by atoms with E-state index in [4.69, 9.17) is 0 Å². The molecule has 2 fully saturated rings. The number of nitrogens with zero attached hydrogens (tertiary/aromatic N) is 2. The molecule has 1 unspecified atom stereocenters. The number of hydrogen-bond acceptors (Lipinski definition) is 3. The highest BCUT2D eigenvalue weighted by Crippen LogP contribution is 2.27. The van der Waals surface area contributed by atoms with Crippen LogP contribution in [0.3, 0.4) is 0 Å². The summed E-state index contributed by atoms with van der Waals surface area (Å²) in [7, 11) is 0. The predicted molar refractivity (Wildman–Crippen MR) is 129 cm³/mol. The van der Waals surface area contributed by atoms with Gasteiger partial charge in [-0.2, -0.15) is 0 Å². The minimum atomic E-state index is -0.373. The lowest BCUT2D eigenvalue weighted by Crippen LogP contribution is -2.35. The van der Waals surface area contributed by atoms with E-state index in [1.54, 1.807) is 4.90 Å². The molecule has 2 saturated heterocycles. The molecular formula is C27H29N3O3. The first-order valence-corrected chi connectivity index (χ1v) is 11.5. The summed E-state index contributed by atoms with van der Waals surface area (Å²) in [5.41, 5.74) is 4.87. The van der Waals surface area contributed by atoms with E-state index in [0.29, 0.717) is 13.0 Å². The lowest BCUT2D eigenvalue weighted by molar-refractivity contribution is -0.126. The second-order valence-electron chi connectivity index (χ2n) is 8.74. The lowest BCUT2D eigenvalue weighted by Gasteiger charge is -2.26. The molecule has 0 saturated carbocycles. The van der Waals surface area contributed by atoms with Crippen LogP contribution < -0.4 is 15.1 Å². The van der Waals surface area contributed by atoms with Gasteiger partial charge in [0.15, 0.2) is 0 Å². The van der Waals surface area contributed by atoms with E-state index < -0.39 is 0 Å². The summed E-state index contributed by atoms with van der Waals surface area (Å²) in [4.78, 5) is 40.6. The Hall–Kier alpha value is -3.59. The van der Waals surface area contributed by atoms with Crippen molar-refractivity contribution in [2.45, 2.75) is 39.5 Å². The zero-order chi connectivity index (χ0) is 23.4. The van der Waals surface area contributed by atoms with Crippen LogP contribution in [0.1, 0.15) is 42.4 Å². The molecule has 0 aliphatic carbocycles. The maximum Gasteiger partial charge on any atom is 0.227 e. The van der Waals surface area contributed by atoms with Crippen molar-refractivity contribution in [3.05, 3.63) is 59.2 Å². The minimum Gasteiger partial charge on any atom is -0.345 e. The number of hydrogen-bond donors (Lipinski definition) is 1. The highest BCUT2D eigenvalue weighted by molar-refractivity contribution is 6.00. The number of amides is 3. The summed E-state index contributed by atoms with van der Waals surface area (Å²) in [5, 5.41) is 2.83. The zero-order valence-electron chi connectivity index (χ0n) is 19.2. The van der Waals surface area contributed by atoms with Crippen LogP contribution in [0.25, 0.3) is 0 Å². The third kappa shape index (κ3) is 5.25. The van der Waals surface area contributed by atoms with Gasteiger partial charge in [0, 0.05) is 42.9 Å². The molecule has 2 aliphatic heterocycles. The van der Waals surface area contributed by atoms with Gasteiger partial charge in [-0.1, -0.05) is 17.9 Å². The van der Waals surface area contributed by atoms with Gasteiger partial charge < -0.3 is 15.1 Å². The van der Waals surface area contributed by atoms with E-state index in [1.807, 2.05) is 61.2 Å². The molecular weight excluding hydrogens is 414 g/mol. The van der Waals surface area contributed by atoms with E-state index in [1.165, 1.54) is 5.56 Å². The number of rotatable bonds is 4. The Balaban J connectivity index is 1.29. The Labute approximate surface area is 195 Å². The SMILES string of the molecule is Cc1ccc(N2CC(C(=O)NCC#Cc3ccc(N4CCCCC4=O)cc3)CC2=O)cc1C. The number of carbonyl (C=O) groups is 3. The van der Waals surface area contributed by atoms with Gasteiger partial charge in [0.25, 0.3) is 0 Å². The Morgan fingerprint density at radius 1 is 0.970 bits per heavy atom. The number of anilines is 2. The van der Waals surface area contributed by atoms with Crippen LogP contribution in [0.15, 0.2) is 42.5 Å². The van der Waals surface area contributed by atoms with E-state index in [-0.39, 0.29) is 36.6 Å². The zero-order valence-corrected chi connectivity index (χ0v) is 19.2. The second-order valence-corrected chi connectivity index (χ2v) is 8.74. The van der Waals surface area contributed by atoms with Crippen molar-refractivity contribution in [1.82, 2.24) is 5.32 Å². The summed E-state index contributed by atoms with van der Waals surface area (Å²) in [5.74, 6) is 5.63. The molecule has 1 N–H and O–H groups in total. The third-order valence-electron chi connectivity index (χ3n) is 6.38. The molecule has 2 aromatic rings. The molecule has 4 rings (SSSR count). The fraction of sp³-hybridized carbons (Fsp3) is 0.370. The number of piperidine rings is 1. The summed E-state index contributed by atoms with van der Waals surface area (Å²) in [6, 6.07) is 13.5. The van der Waals surface area contributed by atoms with Crippen LogP contribution in [0, 0.1) is 31.6 Å². The summed E-state index contributed by atoms with van der Waals surface area (Å²) < 4.78 is 0. The topological polar surface area (TPSA) is 69.7 Å². The van der Waals surface area contributed by atoms with Gasteiger partial charge in [-0.25, -0.2) is 0 Å². The Morgan fingerprint density at radius 3 is 2.45 bits per heavy atom. The highest BCUT2D eigenvalue weighted by Gasteiger charge is 2.35. The predicted octanol–water partition coefficient (Wildman–Crippen LogP) is 3.34.